The molecule has 0 spiro atoms. The van der Waals surface area contributed by atoms with Crippen molar-refractivity contribution in [2.24, 2.45) is 0 Å². The number of nitrogens with zero attached hydrogens (tertiary/aromatic N) is 8. The van der Waals surface area contributed by atoms with Crippen molar-refractivity contribution in [3.8, 4) is 5.13 Å². The van der Waals surface area contributed by atoms with Crippen molar-refractivity contribution in [3.63, 3.8) is 0 Å². The van der Waals surface area contributed by atoms with Crippen LogP contribution in [0.5, 0.6) is 0 Å². The summed E-state index contributed by atoms with van der Waals surface area (Å²) in [5.41, 5.74) is -1.15. The number of anilines is 1. The van der Waals surface area contributed by atoms with E-state index in [4.69, 9.17) is 0 Å². The predicted octanol–water partition coefficient (Wildman–Crippen LogP) is 0.727. The molecule has 1 fully saturated rings. The molecule has 0 aromatic carbocycles. The molecule has 146 valence electrons. The van der Waals surface area contributed by atoms with E-state index in [1.54, 1.807) is 16.5 Å². The molecule has 1 saturated heterocycles. The second-order valence-corrected chi connectivity index (χ2v) is 7.21. The van der Waals surface area contributed by atoms with Crippen molar-refractivity contribution in [2.45, 2.75) is 6.04 Å². The van der Waals surface area contributed by atoms with E-state index >= 15 is 0 Å². The number of pyridine rings is 2. The Hall–Kier alpha value is -3.74. The summed E-state index contributed by atoms with van der Waals surface area (Å²) in [6.07, 6.45) is 4.03. The number of fused-ring (bicyclic) bond motifs is 1. The third-order valence-electron chi connectivity index (χ3n) is 4.62. The number of tetrazole rings is 1. The van der Waals surface area contributed by atoms with Crippen LogP contribution in [-0.2, 0) is 0 Å². The fourth-order valence-corrected chi connectivity index (χ4v) is 3.80. The molecule has 0 unspecified atom stereocenters. The molecule has 0 saturated carbocycles. The number of aromatic nitrogens is 7. The molecular weight excluding hydrogens is 403 g/mol. The number of carboxylic acid groups (broad SMARTS) is 1. The monoisotopic (exact) mass is 414 g/mol. The summed E-state index contributed by atoms with van der Waals surface area (Å²) >= 11 is 1.24. The van der Waals surface area contributed by atoms with Crippen molar-refractivity contribution in [1.29, 1.82) is 0 Å². The first kappa shape index (κ1) is 17.4. The number of thiazole rings is 1. The number of hydrogen-bond donors (Lipinski definition) is 1. The summed E-state index contributed by atoms with van der Waals surface area (Å²) in [5, 5.41) is 22.8. The minimum absolute atomic E-state index is 0.0571. The zero-order chi connectivity index (χ0) is 20.1. The third kappa shape index (κ3) is 2.74. The Balaban J connectivity index is 1.64. The van der Waals surface area contributed by atoms with E-state index in [9.17, 15) is 19.1 Å². The Labute approximate surface area is 164 Å². The molecule has 0 radical (unpaired) electrons. The van der Waals surface area contributed by atoms with Gasteiger partial charge in [-0.25, -0.2) is 19.2 Å². The van der Waals surface area contributed by atoms with Crippen molar-refractivity contribution in [1.82, 2.24) is 34.7 Å². The van der Waals surface area contributed by atoms with E-state index in [1.165, 1.54) is 33.2 Å². The van der Waals surface area contributed by atoms with Gasteiger partial charge in [-0.2, -0.15) is 4.80 Å². The molecule has 0 atom stereocenters. The summed E-state index contributed by atoms with van der Waals surface area (Å²) in [4.78, 5) is 35.7. The quantitative estimate of drug-likeness (QED) is 0.513. The van der Waals surface area contributed by atoms with E-state index in [2.05, 4.69) is 25.4 Å². The average molecular weight is 414 g/mol. The van der Waals surface area contributed by atoms with Crippen LogP contribution in [0, 0.1) is 5.82 Å². The second kappa shape index (κ2) is 6.41. The second-order valence-electron chi connectivity index (χ2n) is 6.34. The van der Waals surface area contributed by atoms with Crippen molar-refractivity contribution in [2.75, 3.05) is 18.0 Å². The number of carbonyl (C=O) groups is 1. The summed E-state index contributed by atoms with van der Waals surface area (Å²) in [5.74, 6) is -2.06. The van der Waals surface area contributed by atoms with Gasteiger partial charge in [0.05, 0.1) is 5.39 Å². The molecule has 0 amide bonds. The SMILES string of the molecule is O=C(O)c1cn(-c2nccs2)c2nc(N3CC(n4ncnn4)C3)c(F)cc2c1=O. The van der Waals surface area contributed by atoms with Crippen LogP contribution < -0.4 is 10.3 Å². The molecule has 1 aliphatic rings. The topological polar surface area (TPSA) is 132 Å². The smallest absolute Gasteiger partial charge is 0.341 e. The van der Waals surface area contributed by atoms with E-state index in [-0.39, 0.29) is 22.9 Å². The number of hydrogen-bond acceptors (Lipinski definition) is 9. The Morgan fingerprint density at radius 1 is 1.34 bits per heavy atom. The van der Waals surface area contributed by atoms with Crippen molar-refractivity contribution < 1.29 is 14.3 Å². The number of rotatable bonds is 4. The first-order valence-electron chi connectivity index (χ1n) is 8.39. The maximum absolute atomic E-state index is 14.8. The Kier molecular flexibility index (Phi) is 3.84. The highest BCUT2D eigenvalue weighted by molar-refractivity contribution is 7.12. The molecular formula is C16H11FN8O3S. The fourth-order valence-electron chi connectivity index (χ4n) is 3.19. The molecule has 29 heavy (non-hydrogen) atoms. The van der Waals surface area contributed by atoms with Crippen LogP contribution in [0.1, 0.15) is 16.4 Å². The van der Waals surface area contributed by atoms with Gasteiger partial charge in [-0.05, 0) is 11.3 Å². The summed E-state index contributed by atoms with van der Waals surface area (Å²) < 4.78 is 16.2. The van der Waals surface area contributed by atoms with Gasteiger partial charge in [-0.1, -0.05) is 0 Å². The van der Waals surface area contributed by atoms with Crippen LogP contribution >= 0.6 is 11.3 Å². The zero-order valence-corrected chi connectivity index (χ0v) is 15.3. The molecule has 13 heteroatoms. The summed E-state index contributed by atoms with van der Waals surface area (Å²) in [6, 6.07) is 0.961. The Bertz CT molecular complexity index is 1280. The first-order valence-corrected chi connectivity index (χ1v) is 9.27. The molecule has 0 aliphatic carbocycles. The van der Waals surface area contributed by atoms with Gasteiger partial charge in [-0.3, -0.25) is 9.36 Å². The summed E-state index contributed by atoms with van der Waals surface area (Å²) in [6.45, 7) is 0.834. The Morgan fingerprint density at radius 3 is 2.83 bits per heavy atom. The lowest BCUT2D eigenvalue weighted by Gasteiger charge is -2.38. The highest BCUT2D eigenvalue weighted by Gasteiger charge is 2.33. The standard InChI is InChI=1S/C16H11FN8O3S/c17-11-3-9-12(26)10(15(27)28)6-24(16-18-1-2-29-16)13(9)21-14(11)23-4-8(5-23)25-20-7-19-22-25/h1-3,6-8H,4-5H2,(H,27,28). The maximum atomic E-state index is 14.8. The van der Waals surface area contributed by atoms with Gasteiger partial charge in [0.1, 0.15) is 11.6 Å². The number of carboxylic acids is 1. The molecule has 5 heterocycles. The third-order valence-corrected chi connectivity index (χ3v) is 5.39. The molecule has 11 nitrogen and oxygen atoms in total. The normalized spacial score (nSPS) is 14.3. The lowest BCUT2D eigenvalue weighted by molar-refractivity contribution is 0.0695. The lowest BCUT2D eigenvalue weighted by atomic mass is 10.1. The van der Waals surface area contributed by atoms with E-state index in [0.717, 1.165) is 6.07 Å². The minimum atomic E-state index is -1.40. The molecule has 1 aliphatic heterocycles. The zero-order valence-electron chi connectivity index (χ0n) is 14.5. The van der Waals surface area contributed by atoms with Gasteiger partial charge < -0.3 is 10.0 Å². The van der Waals surface area contributed by atoms with Crippen LogP contribution in [0.25, 0.3) is 16.2 Å². The van der Waals surface area contributed by atoms with Gasteiger partial charge in [0, 0.05) is 30.9 Å². The van der Waals surface area contributed by atoms with Crippen LogP contribution in [-0.4, -0.2) is 58.9 Å². The van der Waals surface area contributed by atoms with E-state index in [1.807, 2.05) is 0 Å². The maximum Gasteiger partial charge on any atom is 0.341 e. The van der Waals surface area contributed by atoms with Gasteiger partial charge in [0.15, 0.2) is 28.7 Å². The minimum Gasteiger partial charge on any atom is -0.477 e. The van der Waals surface area contributed by atoms with Crippen LogP contribution in [0.3, 0.4) is 0 Å². The molecule has 4 aromatic heterocycles. The first-order chi connectivity index (χ1) is 14.0. The van der Waals surface area contributed by atoms with Crippen LogP contribution in [0.15, 0.2) is 35.0 Å². The highest BCUT2D eigenvalue weighted by Crippen LogP contribution is 2.30. The van der Waals surface area contributed by atoms with Gasteiger partial charge in [0.25, 0.3) is 0 Å². The highest BCUT2D eigenvalue weighted by atomic mass is 32.1. The van der Waals surface area contributed by atoms with Crippen LogP contribution in [0.4, 0.5) is 10.2 Å². The Morgan fingerprint density at radius 2 is 2.17 bits per heavy atom. The van der Waals surface area contributed by atoms with E-state index < -0.39 is 22.8 Å². The average Bonchev–Trinajstić information content (AvgIpc) is 3.35. The lowest BCUT2D eigenvalue weighted by Crippen LogP contribution is -2.49. The fraction of sp³-hybridized carbons (Fsp3) is 0.188. The molecule has 5 rings (SSSR count). The number of halogens is 1. The predicted molar refractivity (Wildman–Crippen MR) is 99.0 cm³/mol. The molecule has 4 aromatic rings. The largest absolute Gasteiger partial charge is 0.477 e. The number of aromatic carboxylic acids is 1. The van der Waals surface area contributed by atoms with Gasteiger partial charge in [-0.15, -0.1) is 21.5 Å². The van der Waals surface area contributed by atoms with E-state index in [0.29, 0.717) is 18.2 Å². The molecule has 0 bridgehead atoms. The van der Waals surface area contributed by atoms with Crippen molar-refractivity contribution in [3.05, 3.63) is 51.8 Å². The van der Waals surface area contributed by atoms with Crippen molar-refractivity contribution >= 4 is 34.2 Å². The molecule has 1 N–H and O–H groups in total. The van der Waals surface area contributed by atoms with Gasteiger partial charge in [0.2, 0.25) is 5.43 Å². The summed E-state index contributed by atoms with van der Waals surface area (Å²) in [7, 11) is 0. The van der Waals surface area contributed by atoms with Crippen LogP contribution in [0.2, 0.25) is 0 Å². The van der Waals surface area contributed by atoms with Gasteiger partial charge >= 0.3 is 5.97 Å².